The van der Waals surface area contributed by atoms with Crippen LogP contribution in [0.1, 0.15) is 413 Å². The van der Waals surface area contributed by atoms with Crippen molar-refractivity contribution in [2.45, 2.75) is 413 Å². The molecule has 0 saturated carbocycles. The van der Waals surface area contributed by atoms with Crippen LogP contribution in [0.5, 0.6) is 0 Å². The largest absolute Gasteiger partial charge is 0.355 e. The molecule has 0 aromatic heterocycles. The molecular formula is C82H164N6O4. The molecule has 0 bridgehead atoms. The maximum atomic E-state index is 12.7. The number of carbonyl (C=O) groups is 4. The molecule has 0 aliphatic rings. The smallest absolute Gasteiger partial charge is 0.220 e. The van der Waals surface area contributed by atoms with E-state index in [0.717, 1.165) is 88.4 Å². The quantitative estimate of drug-likeness (QED) is 0.0450. The summed E-state index contributed by atoms with van der Waals surface area (Å²) in [6.45, 7) is 13.6. The van der Waals surface area contributed by atoms with Crippen LogP contribution in [0.15, 0.2) is 0 Å². The molecule has 4 unspecified atom stereocenters. The number of likely N-dealkylation sites (N-methyl/N-ethyl adjacent to an activating group) is 2. The lowest BCUT2D eigenvalue weighted by molar-refractivity contribution is -0.123. The Morgan fingerprint density at radius 1 is 0.217 bits per heavy atom. The van der Waals surface area contributed by atoms with Crippen molar-refractivity contribution in [3.05, 3.63) is 0 Å². The topological polar surface area (TPSA) is 123 Å². The zero-order valence-electron chi connectivity index (χ0n) is 63.5. The van der Waals surface area contributed by atoms with Gasteiger partial charge in [-0.25, -0.2) is 0 Å². The Labute approximate surface area is 575 Å². The van der Waals surface area contributed by atoms with E-state index in [4.69, 9.17) is 0 Å². The van der Waals surface area contributed by atoms with E-state index in [-0.39, 0.29) is 23.6 Å². The number of amides is 4. The second kappa shape index (κ2) is 71.6. The minimum Gasteiger partial charge on any atom is -0.355 e. The van der Waals surface area contributed by atoms with Crippen molar-refractivity contribution >= 4 is 23.6 Å². The number of carbonyl (C=O) groups excluding carboxylic acids is 4. The minimum atomic E-state index is 0.124. The number of hydrogen-bond acceptors (Lipinski definition) is 6. The number of rotatable bonds is 75. The Morgan fingerprint density at radius 2 is 0.370 bits per heavy atom. The molecule has 4 N–H and O–H groups in total. The minimum absolute atomic E-state index is 0.124. The van der Waals surface area contributed by atoms with Gasteiger partial charge in [-0.05, 0) is 77.5 Å². The van der Waals surface area contributed by atoms with E-state index in [1.165, 1.54) is 321 Å². The van der Waals surface area contributed by atoms with Crippen LogP contribution in [0.3, 0.4) is 0 Å². The molecule has 0 fully saturated rings. The highest BCUT2D eigenvalue weighted by molar-refractivity contribution is 5.77. The first-order valence-electron chi connectivity index (χ1n) is 41.3. The summed E-state index contributed by atoms with van der Waals surface area (Å²) in [6.07, 6.45) is 76.6. The van der Waals surface area contributed by atoms with Gasteiger partial charge in [-0.3, -0.25) is 19.2 Å². The molecule has 4 amide bonds. The molecule has 0 aromatic rings. The molecule has 0 aliphatic carbocycles. The van der Waals surface area contributed by atoms with Crippen LogP contribution in [0.25, 0.3) is 0 Å². The molecule has 92 heavy (non-hydrogen) atoms. The Hall–Kier alpha value is -2.20. The molecule has 0 rings (SSSR count). The van der Waals surface area contributed by atoms with Gasteiger partial charge >= 0.3 is 0 Å². The average molecular weight is 1300 g/mol. The van der Waals surface area contributed by atoms with E-state index in [9.17, 15) is 19.2 Å². The van der Waals surface area contributed by atoms with Crippen molar-refractivity contribution in [3.8, 4) is 0 Å². The summed E-state index contributed by atoms with van der Waals surface area (Å²) in [5.74, 6) is 4.17. The fourth-order valence-corrected chi connectivity index (χ4v) is 14.4. The normalized spacial score (nSPS) is 13.0. The molecule has 0 saturated heterocycles. The first kappa shape index (κ1) is 89.8. The average Bonchev–Trinajstić information content (AvgIpc) is 2.65. The van der Waals surface area contributed by atoms with Gasteiger partial charge in [-0.15, -0.1) is 0 Å². The number of hydrogen-bond donors (Lipinski definition) is 4. The fourth-order valence-electron chi connectivity index (χ4n) is 14.4. The maximum Gasteiger partial charge on any atom is 0.220 e. The van der Waals surface area contributed by atoms with Crippen LogP contribution in [0, 0.1) is 23.7 Å². The van der Waals surface area contributed by atoms with Gasteiger partial charge in [0.25, 0.3) is 0 Å². The fraction of sp³-hybridized carbons (Fsp3) is 0.951. The predicted molar refractivity (Wildman–Crippen MR) is 403 cm³/mol. The first-order valence-corrected chi connectivity index (χ1v) is 41.3. The predicted octanol–water partition coefficient (Wildman–Crippen LogP) is 22.5. The van der Waals surface area contributed by atoms with E-state index in [0.29, 0.717) is 38.8 Å². The van der Waals surface area contributed by atoms with Crippen molar-refractivity contribution < 1.29 is 19.2 Å². The molecular weight excluding hydrogens is 1130 g/mol. The highest BCUT2D eigenvalue weighted by Gasteiger charge is 2.23. The van der Waals surface area contributed by atoms with Crippen molar-refractivity contribution in [2.75, 3.05) is 67.5 Å². The second-order valence-electron chi connectivity index (χ2n) is 29.9. The maximum absolute atomic E-state index is 12.7. The van der Waals surface area contributed by atoms with Gasteiger partial charge in [0.1, 0.15) is 0 Å². The lowest BCUT2D eigenvalue weighted by Crippen LogP contribution is -2.34. The molecule has 10 nitrogen and oxygen atoms in total. The third kappa shape index (κ3) is 65.1. The molecule has 0 radical (unpaired) electrons. The van der Waals surface area contributed by atoms with Crippen LogP contribution >= 0.6 is 0 Å². The Kier molecular flexibility index (Phi) is 69.9. The van der Waals surface area contributed by atoms with Gasteiger partial charge in [0, 0.05) is 65.0 Å². The number of nitrogens with one attached hydrogen (secondary N) is 4. The third-order valence-corrected chi connectivity index (χ3v) is 20.5. The summed E-state index contributed by atoms with van der Waals surface area (Å²) in [4.78, 5) is 54.1. The van der Waals surface area contributed by atoms with Crippen molar-refractivity contribution in [2.24, 2.45) is 23.7 Å². The summed E-state index contributed by atoms with van der Waals surface area (Å²) < 4.78 is 0. The first-order chi connectivity index (χ1) is 45.0. The Morgan fingerprint density at radius 3 is 0.543 bits per heavy atom. The van der Waals surface area contributed by atoms with Gasteiger partial charge in [0.05, 0.1) is 0 Å². The van der Waals surface area contributed by atoms with Gasteiger partial charge in [0.15, 0.2) is 0 Å². The summed E-state index contributed by atoms with van der Waals surface area (Å²) in [5, 5.41) is 12.3. The zero-order valence-corrected chi connectivity index (χ0v) is 63.5. The summed E-state index contributed by atoms with van der Waals surface area (Å²) in [6, 6.07) is 0. The standard InChI is InChI=1S/C82H164N6O4/c1-9-13-17-21-33-45-57-75(77(59-47-35-23-19-15-11-3)63-51-39-27-31-43-55-67-81(91)85-71-73-87(5)6)61-49-37-25-29-41-53-65-79(89)83-69-70-84-80(90)66-54-42-30-26-38-50-62-76(58-46-34-22-18-14-10-2)78(60-48-36-24-20-16-12-4)64-52-40-28-32-44-56-68-82(92)86-72-74-88(7)8/h75-78H,9-74H2,1-8H3,(H,83,89)(H,84,90)(H,85,91)(H,86,92). The van der Waals surface area contributed by atoms with Gasteiger partial charge in [-0.1, -0.05) is 362 Å². The van der Waals surface area contributed by atoms with Gasteiger partial charge < -0.3 is 31.1 Å². The van der Waals surface area contributed by atoms with E-state index in [1.54, 1.807) is 0 Å². The summed E-state index contributed by atoms with van der Waals surface area (Å²) in [7, 11) is 8.19. The van der Waals surface area contributed by atoms with Crippen molar-refractivity contribution in [3.63, 3.8) is 0 Å². The highest BCUT2D eigenvalue weighted by atomic mass is 16.2. The van der Waals surface area contributed by atoms with Crippen molar-refractivity contribution in [1.82, 2.24) is 31.1 Å². The van der Waals surface area contributed by atoms with E-state index < -0.39 is 0 Å². The van der Waals surface area contributed by atoms with Crippen LogP contribution < -0.4 is 21.3 Å². The molecule has 0 spiro atoms. The lowest BCUT2D eigenvalue weighted by atomic mass is 9.78. The molecule has 0 heterocycles. The van der Waals surface area contributed by atoms with E-state index in [2.05, 4.69) is 58.8 Å². The van der Waals surface area contributed by atoms with Gasteiger partial charge in [0.2, 0.25) is 23.6 Å². The lowest BCUT2D eigenvalue weighted by Gasteiger charge is -2.28. The second-order valence-corrected chi connectivity index (χ2v) is 29.9. The van der Waals surface area contributed by atoms with Crippen LogP contribution in [0.4, 0.5) is 0 Å². The Balaban J connectivity index is 4.76. The SMILES string of the molecule is CCCCCCCCC(CCCCCCCCC(=O)NCCNC(=O)CCCCCCCCC(CCCCCCCC)C(CCCCCCCC)CCCCCCCCC(=O)NCCN(C)C)C(CCCCCCCC)CCCCCCCCC(=O)NCCN(C)C. The van der Waals surface area contributed by atoms with E-state index >= 15 is 0 Å². The number of unbranched alkanes of at least 4 members (excludes halogenated alkanes) is 40. The Bertz CT molecular complexity index is 1450. The molecule has 0 aromatic carbocycles. The monoisotopic (exact) mass is 1300 g/mol. The molecule has 0 aliphatic heterocycles. The van der Waals surface area contributed by atoms with Crippen LogP contribution in [-0.2, 0) is 19.2 Å². The molecule has 10 heteroatoms. The van der Waals surface area contributed by atoms with Gasteiger partial charge in [-0.2, -0.15) is 0 Å². The van der Waals surface area contributed by atoms with Crippen LogP contribution in [-0.4, -0.2) is 101 Å². The summed E-state index contributed by atoms with van der Waals surface area (Å²) in [5.41, 5.74) is 0. The number of nitrogens with zero attached hydrogens (tertiary/aromatic N) is 2. The van der Waals surface area contributed by atoms with Crippen LogP contribution in [0.2, 0.25) is 0 Å². The zero-order chi connectivity index (χ0) is 67.3. The highest BCUT2D eigenvalue weighted by Crippen LogP contribution is 2.36. The third-order valence-electron chi connectivity index (χ3n) is 20.5. The molecule has 4 atom stereocenters. The van der Waals surface area contributed by atoms with Crippen molar-refractivity contribution in [1.29, 1.82) is 0 Å². The summed E-state index contributed by atoms with van der Waals surface area (Å²) >= 11 is 0. The van der Waals surface area contributed by atoms with E-state index in [1.807, 2.05) is 28.2 Å². The molecule has 546 valence electrons.